The van der Waals surface area contributed by atoms with Crippen LogP contribution in [-0.4, -0.2) is 34.0 Å². The minimum absolute atomic E-state index is 0.0581. The summed E-state index contributed by atoms with van der Waals surface area (Å²) >= 11 is 0. The fourth-order valence-electron chi connectivity index (χ4n) is 2.46. The van der Waals surface area contributed by atoms with Crippen molar-refractivity contribution in [2.24, 2.45) is 0 Å². The molecule has 2 aromatic rings. The molecule has 6 heteroatoms. The molecule has 0 aliphatic carbocycles. The number of rotatable bonds is 7. The van der Waals surface area contributed by atoms with Crippen LogP contribution in [0, 0.1) is 5.82 Å². The number of halogens is 1. The first-order valence-corrected chi connectivity index (χ1v) is 9.32. The second-order valence-electron chi connectivity index (χ2n) is 5.88. The molecule has 2 aromatic carbocycles. The highest BCUT2D eigenvalue weighted by atomic mass is 32.2. The number of benzene rings is 2. The van der Waals surface area contributed by atoms with Gasteiger partial charge in [0.25, 0.3) is 0 Å². The molecule has 0 spiro atoms. The summed E-state index contributed by atoms with van der Waals surface area (Å²) in [6.45, 7) is 2.33. The normalized spacial score (nSPS) is 13.2. The summed E-state index contributed by atoms with van der Waals surface area (Å²) in [6, 6.07) is 12.9. The van der Waals surface area contributed by atoms with Gasteiger partial charge in [-0.2, -0.15) is 0 Å². The average Bonchev–Trinajstić information content (AvgIpc) is 2.55. The summed E-state index contributed by atoms with van der Waals surface area (Å²) in [6.07, 6.45) is 0.962. The zero-order chi connectivity index (χ0) is 17.7. The van der Waals surface area contributed by atoms with E-state index in [1.165, 1.54) is 17.7 Å². The van der Waals surface area contributed by atoms with Crippen LogP contribution in [0.4, 0.5) is 4.39 Å². The fraction of sp³-hybridized carbons (Fsp3) is 0.333. The standard InChI is InChI=1S/C18H23FN2O2S/c1-4-14-5-7-15(8-6-14)18(21(2)3)13-20-24(22,23)17-11-9-16(19)10-12-17/h5-12,18,20H,4,13H2,1-3H3/t18-/m1/s1. The van der Waals surface area contributed by atoms with Gasteiger partial charge in [0.2, 0.25) is 10.0 Å². The molecule has 130 valence electrons. The van der Waals surface area contributed by atoms with Crippen LogP contribution in [0.5, 0.6) is 0 Å². The second-order valence-corrected chi connectivity index (χ2v) is 7.65. The maximum Gasteiger partial charge on any atom is 0.240 e. The van der Waals surface area contributed by atoms with E-state index in [1.807, 2.05) is 31.1 Å². The maximum absolute atomic E-state index is 13.0. The van der Waals surface area contributed by atoms with Crippen LogP contribution in [0.1, 0.15) is 24.1 Å². The SMILES string of the molecule is CCc1ccc([C@@H](CNS(=O)(=O)c2ccc(F)cc2)N(C)C)cc1. The summed E-state index contributed by atoms with van der Waals surface area (Å²) in [4.78, 5) is 2.02. The molecule has 0 fully saturated rings. The Morgan fingerprint density at radius 1 is 1.04 bits per heavy atom. The Bertz CT molecular complexity index is 757. The molecule has 0 unspecified atom stereocenters. The van der Waals surface area contributed by atoms with E-state index in [-0.39, 0.29) is 17.5 Å². The highest BCUT2D eigenvalue weighted by molar-refractivity contribution is 7.89. The van der Waals surface area contributed by atoms with Gasteiger partial charge in [-0.3, -0.25) is 0 Å². The third-order valence-corrected chi connectivity index (χ3v) is 5.43. The number of nitrogens with one attached hydrogen (secondary N) is 1. The van der Waals surface area contributed by atoms with Crippen molar-refractivity contribution in [3.8, 4) is 0 Å². The lowest BCUT2D eigenvalue weighted by atomic mass is 10.0. The van der Waals surface area contributed by atoms with Gasteiger partial charge in [0, 0.05) is 12.6 Å². The lowest BCUT2D eigenvalue weighted by Crippen LogP contribution is -2.34. The zero-order valence-corrected chi connectivity index (χ0v) is 15.0. The van der Waals surface area contributed by atoms with Crippen molar-refractivity contribution >= 4 is 10.0 Å². The van der Waals surface area contributed by atoms with Crippen molar-refractivity contribution in [3.05, 3.63) is 65.5 Å². The number of likely N-dealkylation sites (N-methyl/N-ethyl adjacent to an activating group) is 1. The minimum Gasteiger partial charge on any atom is -0.301 e. The molecule has 24 heavy (non-hydrogen) atoms. The van der Waals surface area contributed by atoms with Gasteiger partial charge in [-0.25, -0.2) is 17.5 Å². The molecule has 0 saturated heterocycles. The maximum atomic E-state index is 13.0. The van der Waals surface area contributed by atoms with Crippen molar-refractivity contribution < 1.29 is 12.8 Å². The van der Waals surface area contributed by atoms with E-state index in [0.717, 1.165) is 24.1 Å². The molecule has 2 rings (SSSR count). The van der Waals surface area contributed by atoms with Gasteiger partial charge >= 0.3 is 0 Å². The summed E-state index contributed by atoms with van der Waals surface area (Å²) < 4.78 is 40.3. The van der Waals surface area contributed by atoms with Crippen LogP contribution in [0.3, 0.4) is 0 Å². The number of hydrogen-bond donors (Lipinski definition) is 1. The molecular formula is C18H23FN2O2S. The fourth-order valence-corrected chi connectivity index (χ4v) is 3.50. The van der Waals surface area contributed by atoms with Crippen LogP contribution >= 0.6 is 0 Å². The minimum atomic E-state index is -3.67. The van der Waals surface area contributed by atoms with Gasteiger partial charge in [-0.1, -0.05) is 31.2 Å². The van der Waals surface area contributed by atoms with Gasteiger partial charge in [0.1, 0.15) is 5.82 Å². The Labute approximate surface area is 143 Å². The third-order valence-electron chi connectivity index (χ3n) is 3.99. The predicted molar refractivity (Wildman–Crippen MR) is 93.8 cm³/mol. The number of nitrogens with zero attached hydrogens (tertiary/aromatic N) is 1. The second kappa shape index (κ2) is 7.88. The Morgan fingerprint density at radius 2 is 1.62 bits per heavy atom. The molecule has 0 heterocycles. The van der Waals surface area contributed by atoms with Crippen LogP contribution in [0.25, 0.3) is 0 Å². The van der Waals surface area contributed by atoms with E-state index in [0.29, 0.717) is 0 Å². The topological polar surface area (TPSA) is 49.4 Å². The van der Waals surface area contributed by atoms with Crippen molar-refractivity contribution in [1.82, 2.24) is 9.62 Å². The van der Waals surface area contributed by atoms with Crippen LogP contribution in [0.15, 0.2) is 53.4 Å². The predicted octanol–water partition coefficient (Wildman–Crippen LogP) is 2.97. The first-order chi connectivity index (χ1) is 11.3. The quantitative estimate of drug-likeness (QED) is 0.835. The van der Waals surface area contributed by atoms with E-state index in [2.05, 4.69) is 23.8 Å². The first kappa shape index (κ1) is 18.6. The molecule has 0 bridgehead atoms. The molecule has 0 aromatic heterocycles. The molecule has 1 N–H and O–H groups in total. The highest BCUT2D eigenvalue weighted by Gasteiger charge is 2.19. The Balaban J connectivity index is 2.14. The first-order valence-electron chi connectivity index (χ1n) is 7.84. The number of sulfonamides is 1. The van der Waals surface area contributed by atoms with E-state index >= 15 is 0 Å². The third kappa shape index (κ3) is 4.63. The van der Waals surface area contributed by atoms with Crippen LogP contribution in [-0.2, 0) is 16.4 Å². The van der Waals surface area contributed by atoms with Crippen molar-refractivity contribution in [3.63, 3.8) is 0 Å². The summed E-state index contributed by atoms with van der Waals surface area (Å²) in [5.41, 5.74) is 2.28. The van der Waals surface area contributed by atoms with Gasteiger partial charge in [-0.15, -0.1) is 0 Å². The zero-order valence-electron chi connectivity index (χ0n) is 14.2. The van der Waals surface area contributed by atoms with E-state index in [4.69, 9.17) is 0 Å². The highest BCUT2D eigenvalue weighted by Crippen LogP contribution is 2.19. The summed E-state index contributed by atoms with van der Waals surface area (Å²) in [5.74, 6) is -0.462. The molecule has 0 aliphatic rings. The largest absolute Gasteiger partial charge is 0.301 e. The van der Waals surface area contributed by atoms with Crippen LogP contribution < -0.4 is 4.72 Å². The van der Waals surface area contributed by atoms with Gasteiger partial charge < -0.3 is 4.90 Å². The molecule has 1 atom stereocenters. The van der Waals surface area contributed by atoms with Crippen molar-refractivity contribution in [1.29, 1.82) is 0 Å². The Morgan fingerprint density at radius 3 is 2.12 bits per heavy atom. The van der Waals surface area contributed by atoms with Gasteiger partial charge in [-0.05, 0) is 55.9 Å². The monoisotopic (exact) mass is 350 g/mol. The molecule has 0 amide bonds. The number of hydrogen-bond acceptors (Lipinski definition) is 3. The van der Waals surface area contributed by atoms with E-state index in [1.54, 1.807) is 0 Å². The summed E-state index contributed by atoms with van der Waals surface area (Å²) in [7, 11) is 0.145. The van der Waals surface area contributed by atoms with Crippen molar-refractivity contribution in [2.45, 2.75) is 24.3 Å². The van der Waals surface area contributed by atoms with Gasteiger partial charge in [0.15, 0.2) is 0 Å². The van der Waals surface area contributed by atoms with Crippen molar-refractivity contribution in [2.75, 3.05) is 20.6 Å². The molecular weight excluding hydrogens is 327 g/mol. The Kier molecular flexibility index (Phi) is 6.10. The smallest absolute Gasteiger partial charge is 0.240 e. The van der Waals surface area contributed by atoms with E-state index in [9.17, 15) is 12.8 Å². The lowest BCUT2D eigenvalue weighted by molar-refractivity contribution is 0.299. The molecule has 4 nitrogen and oxygen atoms in total. The van der Waals surface area contributed by atoms with Gasteiger partial charge in [0.05, 0.1) is 4.90 Å². The lowest BCUT2D eigenvalue weighted by Gasteiger charge is -2.25. The molecule has 0 radical (unpaired) electrons. The van der Waals surface area contributed by atoms with Crippen LogP contribution in [0.2, 0.25) is 0 Å². The Hall–Kier alpha value is -1.76. The van der Waals surface area contributed by atoms with E-state index < -0.39 is 15.8 Å². The molecule has 0 saturated carbocycles. The molecule has 0 aliphatic heterocycles. The average molecular weight is 350 g/mol. The summed E-state index contributed by atoms with van der Waals surface area (Å²) in [5, 5.41) is 0. The number of aryl methyl sites for hydroxylation is 1.